The average molecular weight is 881 g/mol. The van der Waals surface area contributed by atoms with E-state index in [-0.39, 0.29) is 6.61 Å². The maximum absolute atomic E-state index is 14.7. The fraction of sp³-hybridized carbons (Fsp3) is 0.114. The summed E-state index contributed by atoms with van der Waals surface area (Å²) in [6.45, 7) is 0.884. The minimum absolute atomic E-state index is 0.198. The largest absolute Gasteiger partial charge is 0.497 e. The van der Waals surface area contributed by atoms with Crippen molar-refractivity contribution in [3.05, 3.63) is 164 Å². The summed E-state index contributed by atoms with van der Waals surface area (Å²) in [5.41, 5.74) is 6.65. The zero-order chi connectivity index (χ0) is 39.3. The third-order valence-electron chi connectivity index (χ3n) is 9.27. The van der Waals surface area contributed by atoms with Crippen molar-refractivity contribution in [3.8, 4) is 34.0 Å². The molecule has 6 aromatic carbocycles. The minimum Gasteiger partial charge on any atom is -0.497 e. The molecular formula is C44H34Br2F2N4O4. The summed E-state index contributed by atoms with van der Waals surface area (Å²) < 4.78 is 45.3. The fourth-order valence-corrected chi connectivity index (χ4v) is 7.08. The lowest BCUT2D eigenvalue weighted by molar-refractivity contribution is 0.112. The van der Waals surface area contributed by atoms with E-state index in [1.807, 2.05) is 94.3 Å². The number of hydrogen-bond acceptors (Lipinski definition) is 6. The Morgan fingerprint density at radius 2 is 1.05 bits per heavy atom. The number of carbonyl (C=O) groups excluding carboxylic acids is 1. The van der Waals surface area contributed by atoms with E-state index in [2.05, 4.69) is 31.9 Å². The number of nitrogens with zero attached hydrogens (tertiary/aromatic N) is 4. The molecule has 0 aliphatic carbocycles. The highest BCUT2D eigenvalue weighted by atomic mass is 79.9. The number of rotatable bonds is 10. The molecule has 0 amide bonds. The molecule has 8 aromatic rings. The lowest BCUT2D eigenvalue weighted by Crippen LogP contribution is -2.02. The molecule has 12 heteroatoms. The topological polar surface area (TPSA) is 91.4 Å². The molecule has 0 aliphatic rings. The molecule has 56 heavy (non-hydrogen) atoms. The predicted octanol–water partition coefficient (Wildman–Crippen LogP) is 10.6. The van der Waals surface area contributed by atoms with E-state index >= 15 is 0 Å². The van der Waals surface area contributed by atoms with Crippen molar-refractivity contribution >= 4 is 60.0 Å². The second-order valence-corrected chi connectivity index (χ2v) is 14.7. The van der Waals surface area contributed by atoms with Gasteiger partial charge in [0, 0.05) is 36.4 Å². The number of aliphatic hydroxyl groups is 1. The lowest BCUT2D eigenvalue weighted by Gasteiger charge is -2.06. The number of aldehydes is 1. The normalized spacial score (nSPS) is 11.1. The number of benzene rings is 6. The van der Waals surface area contributed by atoms with Gasteiger partial charge in [-0.05, 0) is 102 Å². The summed E-state index contributed by atoms with van der Waals surface area (Å²) in [7, 11) is 3.26. The number of hydrogen-bond donors (Lipinski definition) is 1. The number of aromatic nitrogens is 4. The van der Waals surface area contributed by atoms with Crippen LogP contribution in [0.4, 0.5) is 8.78 Å². The second kappa shape index (κ2) is 17.0. The maximum Gasteiger partial charge on any atom is 0.150 e. The molecule has 1 N–H and O–H groups in total. The standard InChI is InChI=1S/C22H18BrFN2O2.C22H16BrFN2O2/c2*1-28-17-6-2-14(3-7-17)12-26-21-11-16(23)5-9-19(21)22(25-26)18-8-4-15(13-27)10-20(18)24/h2-11,27H,12-13H2,1H3;2-11,13H,12H2,1H3. The van der Waals surface area contributed by atoms with Crippen molar-refractivity contribution in [2.45, 2.75) is 19.7 Å². The Labute approximate surface area is 338 Å². The van der Waals surface area contributed by atoms with Gasteiger partial charge in [0.25, 0.3) is 0 Å². The zero-order valence-electron chi connectivity index (χ0n) is 30.2. The Morgan fingerprint density at radius 1 is 0.607 bits per heavy atom. The van der Waals surface area contributed by atoms with Gasteiger partial charge in [0.1, 0.15) is 40.8 Å². The van der Waals surface area contributed by atoms with Crippen LogP contribution in [0.2, 0.25) is 0 Å². The average Bonchev–Trinajstić information content (AvgIpc) is 3.75. The lowest BCUT2D eigenvalue weighted by atomic mass is 10.1. The molecule has 0 bridgehead atoms. The number of methoxy groups -OCH3 is 2. The molecule has 8 rings (SSSR count). The molecule has 0 saturated heterocycles. The summed E-state index contributed by atoms with van der Waals surface area (Å²) >= 11 is 7.01. The molecule has 0 aliphatic heterocycles. The predicted molar refractivity (Wildman–Crippen MR) is 221 cm³/mol. The van der Waals surface area contributed by atoms with Gasteiger partial charge in [0.2, 0.25) is 0 Å². The molecule has 0 radical (unpaired) electrons. The zero-order valence-corrected chi connectivity index (χ0v) is 33.4. The Balaban J connectivity index is 0.000000172. The van der Waals surface area contributed by atoms with E-state index < -0.39 is 11.6 Å². The first-order valence-electron chi connectivity index (χ1n) is 17.4. The molecule has 8 nitrogen and oxygen atoms in total. The molecule has 0 atom stereocenters. The number of aliphatic hydroxyl groups excluding tert-OH is 1. The van der Waals surface area contributed by atoms with Gasteiger partial charge < -0.3 is 14.6 Å². The number of carbonyl (C=O) groups is 1. The van der Waals surface area contributed by atoms with Gasteiger partial charge in [-0.25, -0.2) is 8.78 Å². The van der Waals surface area contributed by atoms with Crippen molar-refractivity contribution in [2.75, 3.05) is 14.2 Å². The highest BCUT2D eigenvalue weighted by molar-refractivity contribution is 9.10. The quantitative estimate of drug-likeness (QED) is 0.138. The van der Waals surface area contributed by atoms with E-state index in [1.54, 1.807) is 38.5 Å². The van der Waals surface area contributed by atoms with Crippen LogP contribution in [0, 0.1) is 11.6 Å². The molecule has 0 unspecified atom stereocenters. The van der Waals surface area contributed by atoms with E-state index in [9.17, 15) is 18.7 Å². The van der Waals surface area contributed by atoms with Crippen LogP contribution in [0.1, 0.15) is 27.0 Å². The maximum atomic E-state index is 14.7. The van der Waals surface area contributed by atoms with Crippen molar-refractivity contribution in [1.29, 1.82) is 0 Å². The van der Waals surface area contributed by atoms with Crippen LogP contribution < -0.4 is 9.47 Å². The first kappa shape index (κ1) is 38.6. The summed E-state index contributed by atoms with van der Waals surface area (Å²) in [6.07, 6.45) is 0.629. The molecular weight excluding hydrogens is 846 g/mol. The second-order valence-electron chi connectivity index (χ2n) is 12.9. The Hall–Kier alpha value is -5.69. The van der Waals surface area contributed by atoms with E-state index in [1.165, 1.54) is 12.1 Å². The third kappa shape index (κ3) is 8.28. The summed E-state index contributed by atoms with van der Waals surface area (Å²) in [5, 5.41) is 20.3. The molecule has 2 heterocycles. The Morgan fingerprint density at radius 3 is 1.46 bits per heavy atom. The number of fused-ring (bicyclic) bond motifs is 2. The van der Waals surface area contributed by atoms with Crippen molar-refractivity contribution in [2.24, 2.45) is 0 Å². The molecule has 2 aromatic heterocycles. The van der Waals surface area contributed by atoms with Crippen LogP contribution in [-0.2, 0) is 19.7 Å². The molecule has 0 fully saturated rings. The van der Waals surface area contributed by atoms with Crippen LogP contribution in [0.25, 0.3) is 44.3 Å². The first-order valence-corrected chi connectivity index (χ1v) is 19.0. The van der Waals surface area contributed by atoms with Crippen LogP contribution >= 0.6 is 31.9 Å². The van der Waals surface area contributed by atoms with Crippen molar-refractivity contribution < 1.29 is 28.2 Å². The van der Waals surface area contributed by atoms with E-state index in [0.29, 0.717) is 53.0 Å². The van der Waals surface area contributed by atoms with Crippen LogP contribution in [0.3, 0.4) is 0 Å². The highest BCUT2D eigenvalue weighted by Crippen LogP contribution is 2.34. The third-order valence-corrected chi connectivity index (χ3v) is 10.3. The van der Waals surface area contributed by atoms with Crippen molar-refractivity contribution in [1.82, 2.24) is 19.6 Å². The van der Waals surface area contributed by atoms with Gasteiger partial charge >= 0.3 is 0 Å². The number of ether oxygens (including phenoxy) is 2. The Kier molecular flexibility index (Phi) is 11.7. The molecule has 282 valence electrons. The monoisotopic (exact) mass is 878 g/mol. The Bertz CT molecular complexity index is 2680. The van der Waals surface area contributed by atoms with Gasteiger partial charge in [-0.2, -0.15) is 10.2 Å². The highest BCUT2D eigenvalue weighted by Gasteiger charge is 2.18. The van der Waals surface area contributed by atoms with Gasteiger partial charge in [0.05, 0.1) is 44.9 Å². The smallest absolute Gasteiger partial charge is 0.150 e. The van der Waals surface area contributed by atoms with Gasteiger partial charge in [-0.1, -0.05) is 68.3 Å². The summed E-state index contributed by atoms with van der Waals surface area (Å²) in [5.74, 6) is 0.715. The van der Waals surface area contributed by atoms with E-state index in [0.717, 1.165) is 53.4 Å². The van der Waals surface area contributed by atoms with Gasteiger partial charge in [-0.3, -0.25) is 14.2 Å². The van der Waals surface area contributed by atoms with Gasteiger partial charge in [-0.15, -0.1) is 0 Å². The van der Waals surface area contributed by atoms with Crippen LogP contribution in [0.5, 0.6) is 11.5 Å². The van der Waals surface area contributed by atoms with Gasteiger partial charge in [0.15, 0.2) is 0 Å². The number of halogens is 4. The van der Waals surface area contributed by atoms with E-state index in [4.69, 9.17) is 19.7 Å². The molecule has 0 saturated carbocycles. The SMILES string of the molecule is COc1ccc(Cn2nc(-c3ccc(C=O)cc3F)c3ccc(Br)cc32)cc1.COc1ccc(Cn2nc(-c3ccc(CO)cc3F)c3ccc(Br)cc32)cc1. The molecule has 0 spiro atoms. The first-order chi connectivity index (χ1) is 27.2. The van der Waals surface area contributed by atoms with Crippen LogP contribution in [-0.4, -0.2) is 45.2 Å². The fourth-order valence-electron chi connectivity index (χ4n) is 6.39. The summed E-state index contributed by atoms with van der Waals surface area (Å²) in [4.78, 5) is 10.9. The summed E-state index contributed by atoms with van der Waals surface area (Å²) in [6, 6.07) is 36.3. The van der Waals surface area contributed by atoms with Crippen molar-refractivity contribution in [3.63, 3.8) is 0 Å². The minimum atomic E-state index is -0.469. The van der Waals surface area contributed by atoms with Crippen LogP contribution in [0.15, 0.2) is 130 Å².